The van der Waals surface area contributed by atoms with Gasteiger partial charge in [-0.15, -0.1) is 0 Å². The van der Waals surface area contributed by atoms with E-state index in [0.29, 0.717) is 12.0 Å². The molecule has 28 heavy (non-hydrogen) atoms. The Morgan fingerprint density at radius 1 is 1.14 bits per heavy atom. The molecule has 0 aliphatic carbocycles. The molecular formula is C18H17F3N2O5. The van der Waals surface area contributed by atoms with Gasteiger partial charge in [-0.25, -0.2) is 0 Å². The Kier molecular flexibility index (Phi) is 5.14. The molecule has 3 amide bonds. The second-order valence-corrected chi connectivity index (χ2v) is 7.02. The number of carboxylic acid groups (broad SMARTS) is 1. The molecule has 2 aliphatic rings. The van der Waals surface area contributed by atoms with Crippen LogP contribution >= 0.6 is 0 Å². The van der Waals surface area contributed by atoms with Crippen LogP contribution in [0.2, 0.25) is 0 Å². The zero-order valence-electron chi connectivity index (χ0n) is 14.5. The van der Waals surface area contributed by atoms with E-state index >= 15 is 0 Å². The van der Waals surface area contributed by atoms with Crippen LogP contribution in [0.3, 0.4) is 0 Å². The van der Waals surface area contributed by atoms with Gasteiger partial charge in [0.1, 0.15) is 0 Å². The molecule has 2 saturated heterocycles. The van der Waals surface area contributed by atoms with Gasteiger partial charge in [0.2, 0.25) is 11.8 Å². The van der Waals surface area contributed by atoms with Crippen molar-refractivity contribution in [1.82, 2.24) is 10.2 Å². The van der Waals surface area contributed by atoms with Gasteiger partial charge in [-0.2, -0.15) is 13.2 Å². The van der Waals surface area contributed by atoms with Gasteiger partial charge in [0.25, 0.3) is 5.91 Å². The summed E-state index contributed by atoms with van der Waals surface area (Å²) in [6.07, 6.45) is -4.32. The van der Waals surface area contributed by atoms with Crippen LogP contribution in [0.25, 0.3) is 0 Å². The summed E-state index contributed by atoms with van der Waals surface area (Å²) < 4.78 is 39.2. The normalized spacial score (nSPS) is 25.1. The van der Waals surface area contributed by atoms with Crippen molar-refractivity contribution in [3.63, 3.8) is 0 Å². The highest BCUT2D eigenvalue weighted by molar-refractivity contribution is 6.03. The van der Waals surface area contributed by atoms with Gasteiger partial charge in [-0.1, -0.05) is 12.1 Å². The summed E-state index contributed by atoms with van der Waals surface area (Å²) in [5.41, 5.74) is 0.826. The Bertz CT molecular complexity index is 822. The lowest BCUT2D eigenvalue weighted by Gasteiger charge is -2.18. The van der Waals surface area contributed by atoms with Crippen molar-refractivity contribution in [2.45, 2.75) is 19.0 Å². The van der Waals surface area contributed by atoms with E-state index in [9.17, 15) is 32.3 Å². The van der Waals surface area contributed by atoms with E-state index in [2.05, 4.69) is 5.32 Å². The molecule has 0 aromatic heterocycles. The molecule has 7 nitrogen and oxygen atoms in total. The molecule has 3 atom stereocenters. The molecule has 0 saturated carbocycles. The molecule has 1 unspecified atom stereocenters. The maximum atomic E-state index is 13.1. The van der Waals surface area contributed by atoms with Crippen LogP contribution in [0.5, 0.6) is 0 Å². The first-order valence-corrected chi connectivity index (χ1v) is 8.57. The van der Waals surface area contributed by atoms with Crippen molar-refractivity contribution < 1.29 is 37.5 Å². The molecule has 2 N–H and O–H groups in total. The maximum absolute atomic E-state index is 13.1. The van der Waals surface area contributed by atoms with Crippen LogP contribution in [0.4, 0.5) is 13.2 Å². The Labute approximate surface area is 157 Å². The summed E-state index contributed by atoms with van der Waals surface area (Å²) in [6.45, 7) is -1.21. The third kappa shape index (κ3) is 4.00. The number of carbonyl (C=O) groups excluding carboxylic acids is 3. The van der Waals surface area contributed by atoms with Gasteiger partial charge in [0.15, 0.2) is 0 Å². The number of hydrogen-bond donors (Lipinski definition) is 2. The highest BCUT2D eigenvalue weighted by atomic mass is 19.4. The van der Waals surface area contributed by atoms with Crippen LogP contribution in [0.15, 0.2) is 24.3 Å². The monoisotopic (exact) mass is 398 g/mol. The number of nitrogens with zero attached hydrogens (tertiary/aromatic N) is 1. The fourth-order valence-electron chi connectivity index (χ4n) is 3.57. The lowest BCUT2D eigenvalue weighted by atomic mass is 9.96. The predicted octanol–water partition coefficient (Wildman–Crippen LogP) is 1.23. The van der Waals surface area contributed by atoms with Crippen LogP contribution in [-0.2, 0) is 20.8 Å². The molecule has 0 radical (unpaired) electrons. The number of amides is 3. The van der Waals surface area contributed by atoms with Crippen LogP contribution in [-0.4, -0.2) is 53.0 Å². The van der Waals surface area contributed by atoms with Gasteiger partial charge in [0.05, 0.1) is 17.8 Å². The molecule has 0 bridgehead atoms. The first-order chi connectivity index (χ1) is 13.1. The summed E-state index contributed by atoms with van der Waals surface area (Å²) in [7, 11) is 0. The number of rotatable bonds is 4. The molecule has 0 spiro atoms. The van der Waals surface area contributed by atoms with E-state index in [1.807, 2.05) is 0 Å². The Morgan fingerprint density at radius 3 is 2.25 bits per heavy atom. The minimum absolute atomic E-state index is 0.0860. The largest absolute Gasteiger partial charge is 0.481 e. The maximum Gasteiger partial charge on any atom is 0.394 e. The van der Waals surface area contributed by atoms with E-state index in [1.165, 1.54) is 12.1 Å². The number of likely N-dealkylation sites (tertiary alicyclic amines) is 1. The Hall–Kier alpha value is -2.91. The van der Waals surface area contributed by atoms with E-state index in [1.54, 1.807) is 12.1 Å². The predicted molar refractivity (Wildman–Crippen MR) is 88.0 cm³/mol. The number of halogens is 3. The highest BCUT2D eigenvalue weighted by Gasteiger charge is 2.53. The van der Waals surface area contributed by atoms with Crippen LogP contribution < -0.4 is 5.32 Å². The van der Waals surface area contributed by atoms with Crippen molar-refractivity contribution in [1.29, 1.82) is 0 Å². The molecule has 10 heteroatoms. The average Bonchev–Trinajstić information content (AvgIpc) is 3.19. The molecule has 2 fully saturated rings. The first kappa shape index (κ1) is 19.8. The van der Waals surface area contributed by atoms with Gasteiger partial charge < -0.3 is 10.0 Å². The smallest absolute Gasteiger partial charge is 0.394 e. The van der Waals surface area contributed by atoms with Crippen molar-refractivity contribution in [3.8, 4) is 0 Å². The number of nitrogens with one attached hydrogen (secondary N) is 1. The lowest BCUT2D eigenvalue weighted by Crippen LogP contribution is -2.34. The number of aliphatic carboxylic acids is 1. The average molecular weight is 398 g/mol. The minimum atomic E-state index is -4.71. The van der Waals surface area contributed by atoms with Gasteiger partial charge in [0, 0.05) is 25.1 Å². The number of carboxylic acids is 1. The zero-order valence-corrected chi connectivity index (χ0v) is 14.5. The molecule has 2 heterocycles. The standard InChI is InChI=1S/C18H17F3N2O5/c19-18(20,21)13-8-23(7-12(13)17(27)28)16(26)10-3-1-9(2-4-10)5-11-6-14(24)22-15(11)25/h1-4,11-13H,5-8H2,(H,27,28)(H,22,24,25)/t11?,12-,13-/m1/s1. The second-order valence-electron chi connectivity index (χ2n) is 7.02. The number of carbonyl (C=O) groups is 4. The van der Waals surface area contributed by atoms with Crippen molar-refractivity contribution in [2.24, 2.45) is 17.8 Å². The van der Waals surface area contributed by atoms with Crippen molar-refractivity contribution >= 4 is 23.7 Å². The van der Waals surface area contributed by atoms with Crippen LogP contribution in [0.1, 0.15) is 22.3 Å². The molecule has 1 aromatic carbocycles. The summed E-state index contributed by atoms with van der Waals surface area (Å²) in [4.78, 5) is 47.3. The van der Waals surface area contributed by atoms with E-state index in [-0.39, 0.29) is 23.8 Å². The van der Waals surface area contributed by atoms with Gasteiger partial charge in [-0.05, 0) is 24.1 Å². The first-order valence-electron chi connectivity index (χ1n) is 8.57. The third-order valence-corrected chi connectivity index (χ3v) is 5.09. The Morgan fingerprint density at radius 2 is 1.79 bits per heavy atom. The molecule has 2 aliphatic heterocycles. The summed E-state index contributed by atoms with van der Waals surface area (Å²) in [5, 5.41) is 11.2. The SMILES string of the molecule is O=C1CC(Cc2ccc(C(=O)N3C[C@@H](C(F)(F)F)[C@H](C(=O)O)C3)cc2)C(=O)N1. The minimum Gasteiger partial charge on any atom is -0.481 e. The summed E-state index contributed by atoms with van der Waals surface area (Å²) >= 11 is 0. The van der Waals surface area contributed by atoms with Gasteiger partial charge >= 0.3 is 12.1 Å². The van der Waals surface area contributed by atoms with E-state index in [4.69, 9.17) is 5.11 Å². The molecule has 150 valence electrons. The number of alkyl halides is 3. The van der Waals surface area contributed by atoms with E-state index in [0.717, 1.165) is 4.90 Å². The Balaban J connectivity index is 1.68. The molecule has 1 aromatic rings. The fourth-order valence-corrected chi connectivity index (χ4v) is 3.57. The van der Waals surface area contributed by atoms with Gasteiger partial charge in [-0.3, -0.25) is 24.5 Å². The van der Waals surface area contributed by atoms with Crippen molar-refractivity contribution in [3.05, 3.63) is 35.4 Å². The third-order valence-electron chi connectivity index (χ3n) is 5.09. The summed E-state index contributed by atoms with van der Waals surface area (Å²) in [5.74, 6) is -7.26. The number of hydrogen-bond acceptors (Lipinski definition) is 4. The quantitative estimate of drug-likeness (QED) is 0.743. The van der Waals surface area contributed by atoms with Crippen LogP contribution in [0, 0.1) is 17.8 Å². The highest BCUT2D eigenvalue weighted by Crippen LogP contribution is 2.38. The second kappa shape index (κ2) is 7.25. The lowest BCUT2D eigenvalue weighted by molar-refractivity contribution is -0.187. The fraction of sp³-hybridized carbons (Fsp3) is 0.444. The number of benzene rings is 1. The van der Waals surface area contributed by atoms with E-state index < -0.39 is 48.9 Å². The van der Waals surface area contributed by atoms with Crippen molar-refractivity contribution in [2.75, 3.05) is 13.1 Å². The number of imide groups is 1. The molecule has 3 rings (SSSR count). The topological polar surface area (TPSA) is 104 Å². The molecular weight excluding hydrogens is 381 g/mol. The zero-order chi connectivity index (χ0) is 20.6. The summed E-state index contributed by atoms with van der Waals surface area (Å²) in [6, 6.07) is 5.97.